The Morgan fingerprint density at radius 2 is 1.87 bits per heavy atom. The predicted molar refractivity (Wildman–Crippen MR) is 67.9 cm³/mol. The van der Waals surface area contributed by atoms with Gasteiger partial charge < -0.3 is 0 Å². The molecule has 85 valence electrons. The first-order chi connectivity index (χ1) is 7.25. The first-order valence-electron chi connectivity index (χ1n) is 5.60. The SMILES string of the molecule is CCCCCCCCc1c(F)[c]sc1Br. The molecule has 0 N–H and O–H groups in total. The Morgan fingerprint density at radius 3 is 2.47 bits per heavy atom. The normalized spacial score (nSPS) is 10.9. The molecule has 0 amide bonds. The monoisotopic (exact) mass is 291 g/mol. The fourth-order valence-electron chi connectivity index (χ4n) is 1.59. The lowest BCUT2D eigenvalue weighted by molar-refractivity contribution is 0.582. The van der Waals surface area contributed by atoms with E-state index in [2.05, 4.69) is 28.2 Å². The molecule has 0 saturated heterocycles. The van der Waals surface area contributed by atoms with Crippen molar-refractivity contribution in [3.63, 3.8) is 0 Å². The Labute approximate surface area is 104 Å². The van der Waals surface area contributed by atoms with Crippen molar-refractivity contribution >= 4 is 27.3 Å². The predicted octanol–water partition coefficient (Wildman–Crippen LogP) is 5.35. The maximum atomic E-state index is 13.2. The van der Waals surface area contributed by atoms with Crippen LogP contribution in [0.1, 0.15) is 51.0 Å². The molecular weight excluding hydrogens is 275 g/mol. The van der Waals surface area contributed by atoms with Crippen LogP contribution >= 0.6 is 27.3 Å². The van der Waals surface area contributed by atoms with Crippen LogP contribution in [-0.4, -0.2) is 0 Å². The van der Waals surface area contributed by atoms with Gasteiger partial charge in [0.15, 0.2) is 0 Å². The van der Waals surface area contributed by atoms with Crippen LogP contribution in [0.15, 0.2) is 3.79 Å². The highest BCUT2D eigenvalue weighted by molar-refractivity contribution is 9.11. The number of hydrogen-bond donors (Lipinski definition) is 0. The van der Waals surface area contributed by atoms with Crippen molar-refractivity contribution in [3.05, 3.63) is 20.5 Å². The lowest BCUT2D eigenvalue weighted by Crippen LogP contribution is -1.88. The van der Waals surface area contributed by atoms with Crippen molar-refractivity contribution in [2.24, 2.45) is 0 Å². The van der Waals surface area contributed by atoms with Gasteiger partial charge in [-0.1, -0.05) is 39.0 Å². The summed E-state index contributed by atoms with van der Waals surface area (Å²) in [5.41, 5.74) is 0.815. The van der Waals surface area contributed by atoms with Crippen LogP contribution in [-0.2, 0) is 6.42 Å². The zero-order valence-electron chi connectivity index (χ0n) is 9.11. The third kappa shape index (κ3) is 4.64. The number of thiophene rings is 1. The van der Waals surface area contributed by atoms with Gasteiger partial charge in [0.1, 0.15) is 5.82 Å². The molecular formula is C12H17BrFS. The van der Waals surface area contributed by atoms with Crippen LogP contribution in [0.3, 0.4) is 0 Å². The van der Waals surface area contributed by atoms with Gasteiger partial charge in [0.2, 0.25) is 0 Å². The standard InChI is InChI=1S/C12H17BrFS/c1-2-3-4-5-6-7-8-10-11(14)9-15-12(10)13/h2-8H2,1H3. The van der Waals surface area contributed by atoms with Crippen LogP contribution in [0.4, 0.5) is 4.39 Å². The Morgan fingerprint density at radius 1 is 1.20 bits per heavy atom. The smallest absolute Gasteiger partial charge is 0.147 e. The molecule has 0 aromatic carbocycles. The summed E-state index contributed by atoms with van der Waals surface area (Å²) in [6.45, 7) is 2.22. The number of hydrogen-bond acceptors (Lipinski definition) is 1. The Hall–Kier alpha value is 0.110. The molecule has 0 aliphatic rings. The highest BCUT2D eigenvalue weighted by Gasteiger charge is 2.08. The van der Waals surface area contributed by atoms with Gasteiger partial charge in [0.25, 0.3) is 0 Å². The van der Waals surface area contributed by atoms with E-state index < -0.39 is 0 Å². The fraction of sp³-hybridized carbons (Fsp3) is 0.667. The third-order valence-electron chi connectivity index (χ3n) is 2.51. The minimum Gasteiger partial charge on any atom is -0.205 e. The summed E-state index contributed by atoms with van der Waals surface area (Å²) < 4.78 is 14.1. The van der Waals surface area contributed by atoms with E-state index in [0.717, 1.165) is 22.2 Å². The van der Waals surface area contributed by atoms with Crippen molar-refractivity contribution in [1.82, 2.24) is 0 Å². The van der Waals surface area contributed by atoms with E-state index in [1.165, 1.54) is 43.4 Å². The van der Waals surface area contributed by atoms with Crippen molar-refractivity contribution < 1.29 is 4.39 Å². The summed E-state index contributed by atoms with van der Waals surface area (Å²) in [4.78, 5) is 0. The van der Waals surface area contributed by atoms with Crippen LogP contribution in [0.25, 0.3) is 0 Å². The molecule has 1 aromatic rings. The first-order valence-corrected chi connectivity index (χ1v) is 7.21. The average Bonchev–Trinajstić information content (AvgIpc) is 2.54. The van der Waals surface area contributed by atoms with E-state index in [1.54, 1.807) is 0 Å². The highest BCUT2D eigenvalue weighted by atomic mass is 79.9. The van der Waals surface area contributed by atoms with Crippen molar-refractivity contribution in [1.29, 1.82) is 0 Å². The summed E-state index contributed by atoms with van der Waals surface area (Å²) in [7, 11) is 0. The van der Waals surface area contributed by atoms with E-state index in [4.69, 9.17) is 0 Å². The molecule has 0 aliphatic heterocycles. The van der Waals surface area contributed by atoms with E-state index in [9.17, 15) is 4.39 Å². The van der Waals surface area contributed by atoms with Gasteiger partial charge in [-0.05, 0) is 28.8 Å². The zero-order valence-corrected chi connectivity index (χ0v) is 11.5. The van der Waals surface area contributed by atoms with E-state index in [0.29, 0.717) is 0 Å². The third-order valence-corrected chi connectivity index (χ3v) is 4.18. The van der Waals surface area contributed by atoms with Gasteiger partial charge in [-0.15, -0.1) is 11.3 Å². The van der Waals surface area contributed by atoms with E-state index >= 15 is 0 Å². The largest absolute Gasteiger partial charge is 0.205 e. The molecule has 0 spiro atoms. The molecule has 0 unspecified atom stereocenters. The summed E-state index contributed by atoms with van der Waals surface area (Å²) in [6, 6.07) is 0. The molecule has 0 fully saturated rings. The van der Waals surface area contributed by atoms with E-state index in [1.807, 2.05) is 0 Å². The minimum atomic E-state index is -0.166. The molecule has 1 heterocycles. The van der Waals surface area contributed by atoms with Crippen LogP contribution in [0, 0.1) is 11.2 Å². The Kier molecular flexibility index (Phi) is 6.50. The summed E-state index contributed by atoms with van der Waals surface area (Å²) in [6.07, 6.45) is 8.34. The van der Waals surface area contributed by atoms with Gasteiger partial charge in [0.05, 0.1) is 9.17 Å². The first kappa shape index (κ1) is 13.2. The van der Waals surface area contributed by atoms with Gasteiger partial charge in [-0.25, -0.2) is 4.39 Å². The molecule has 0 aliphatic carbocycles. The molecule has 0 bridgehead atoms. The maximum Gasteiger partial charge on any atom is 0.147 e. The highest BCUT2D eigenvalue weighted by Crippen LogP contribution is 2.28. The van der Waals surface area contributed by atoms with Crippen LogP contribution in [0.2, 0.25) is 0 Å². The van der Waals surface area contributed by atoms with E-state index in [-0.39, 0.29) is 5.82 Å². The molecule has 1 aromatic heterocycles. The van der Waals surface area contributed by atoms with Crippen molar-refractivity contribution in [2.75, 3.05) is 0 Å². The lowest BCUT2D eigenvalue weighted by atomic mass is 10.1. The Bertz CT molecular complexity index is 264. The van der Waals surface area contributed by atoms with Gasteiger partial charge >= 0.3 is 0 Å². The quantitative estimate of drug-likeness (QED) is 0.594. The maximum absolute atomic E-state index is 13.2. The molecule has 1 rings (SSSR count). The average molecular weight is 292 g/mol. The number of rotatable bonds is 7. The minimum absolute atomic E-state index is 0.166. The molecule has 3 heteroatoms. The van der Waals surface area contributed by atoms with Crippen LogP contribution < -0.4 is 0 Å². The molecule has 0 atom stereocenters. The summed E-state index contributed by atoms with van der Waals surface area (Å²) >= 11 is 4.68. The Balaban J connectivity index is 2.15. The van der Waals surface area contributed by atoms with Gasteiger partial charge in [-0.2, -0.15) is 0 Å². The second-order valence-corrected chi connectivity index (χ2v) is 5.92. The fourth-order valence-corrected chi connectivity index (χ4v) is 2.82. The van der Waals surface area contributed by atoms with Crippen molar-refractivity contribution in [3.8, 4) is 0 Å². The second kappa shape index (κ2) is 7.39. The summed E-state index contributed by atoms with van der Waals surface area (Å²) in [5, 5.41) is 2.63. The lowest BCUT2D eigenvalue weighted by Gasteiger charge is -2.00. The second-order valence-electron chi connectivity index (χ2n) is 3.79. The number of halogens is 2. The summed E-state index contributed by atoms with van der Waals surface area (Å²) in [5.74, 6) is -0.166. The van der Waals surface area contributed by atoms with Crippen molar-refractivity contribution in [2.45, 2.75) is 51.9 Å². The van der Waals surface area contributed by atoms with Gasteiger partial charge in [0, 0.05) is 5.56 Å². The molecule has 0 saturated carbocycles. The van der Waals surface area contributed by atoms with Crippen LogP contribution in [0.5, 0.6) is 0 Å². The topological polar surface area (TPSA) is 0 Å². The molecule has 15 heavy (non-hydrogen) atoms. The molecule has 0 nitrogen and oxygen atoms in total. The van der Waals surface area contributed by atoms with Gasteiger partial charge in [-0.3, -0.25) is 0 Å². The molecule has 1 radical (unpaired) electrons. The number of unbranched alkanes of at least 4 members (excludes halogenated alkanes) is 5. The zero-order chi connectivity index (χ0) is 11.1.